The normalized spacial score (nSPS) is 10.8. The molecule has 0 bridgehead atoms. The fourth-order valence-corrected chi connectivity index (χ4v) is 3.26. The van der Waals surface area contributed by atoms with Gasteiger partial charge in [-0.05, 0) is 29.8 Å². The van der Waals surface area contributed by atoms with Crippen LogP contribution in [-0.2, 0) is 6.54 Å². The number of nitrogens with zero attached hydrogens (tertiary/aromatic N) is 8. The van der Waals surface area contributed by atoms with Crippen LogP contribution in [0.5, 0.6) is 23.0 Å². The number of phenolic OH excluding ortho intramolecular Hbond substituents is 3. The lowest BCUT2D eigenvalue weighted by atomic mass is 10.2. The molecular formula is C22H28N10O4. The van der Waals surface area contributed by atoms with E-state index in [2.05, 4.69) is 30.4 Å². The van der Waals surface area contributed by atoms with E-state index in [1.54, 1.807) is 48.2 Å². The van der Waals surface area contributed by atoms with Gasteiger partial charge in [0.25, 0.3) is 11.9 Å². The minimum atomic E-state index is -0.252. The predicted octanol–water partition coefficient (Wildman–Crippen LogP) is 1.94. The van der Waals surface area contributed by atoms with Gasteiger partial charge in [-0.2, -0.15) is 15.0 Å². The second kappa shape index (κ2) is 9.77. The molecule has 190 valence electrons. The summed E-state index contributed by atoms with van der Waals surface area (Å²) >= 11 is 0. The van der Waals surface area contributed by atoms with Gasteiger partial charge in [0, 0.05) is 53.5 Å². The van der Waals surface area contributed by atoms with Crippen LogP contribution in [-0.4, -0.2) is 80.9 Å². The average molecular weight is 497 g/mol. The molecule has 0 unspecified atom stereocenters. The highest BCUT2D eigenvalue weighted by Gasteiger charge is 2.17. The number of anilines is 5. The first-order valence-corrected chi connectivity index (χ1v) is 10.8. The third kappa shape index (κ3) is 5.11. The van der Waals surface area contributed by atoms with Crippen molar-refractivity contribution in [3.63, 3.8) is 0 Å². The van der Waals surface area contributed by atoms with Crippen molar-refractivity contribution in [2.75, 3.05) is 55.0 Å². The van der Waals surface area contributed by atoms with Crippen molar-refractivity contribution in [1.29, 1.82) is 0 Å². The van der Waals surface area contributed by atoms with Crippen LogP contribution in [0.15, 0.2) is 36.4 Å². The van der Waals surface area contributed by atoms with Crippen molar-refractivity contribution < 1.29 is 20.2 Å². The maximum atomic E-state index is 10.3. The van der Waals surface area contributed by atoms with E-state index in [0.717, 1.165) is 5.56 Å². The number of hydroxylamine groups is 1. The van der Waals surface area contributed by atoms with Crippen LogP contribution < -0.4 is 24.6 Å². The van der Waals surface area contributed by atoms with E-state index in [1.807, 2.05) is 26.0 Å². The number of aromatic hydroxyl groups is 3. The molecule has 0 aliphatic rings. The molecule has 2 aromatic heterocycles. The van der Waals surface area contributed by atoms with Crippen molar-refractivity contribution in [2.24, 2.45) is 0 Å². The first kappa shape index (κ1) is 24.3. The number of phenols is 3. The van der Waals surface area contributed by atoms with Crippen LogP contribution >= 0.6 is 0 Å². The molecule has 2 heterocycles. The molecule has 0 amide bonds. The second-order valence-corrected chi connectivity index (χ2v) is 8.29. The van der Waals surface area contributed by atoms with Gasteiger partial charge in [0.1, 0.15) is 0 Å². The summed E-state index contributed by atoms with van der Waals surface area (Å²) in [7, 11) is 8.93. The highest BCUT2D eigenvalue weighted by atomic mass is 16.7. The van der Waals surface area contributed by atoms with Crippen molar-refractivity contribution in [3.8, 4) is 23.0 Å². The van der Waals surface area contributed by atoms with E-state index in [-0.39, 0.29) is 28.9 Å². The molecule has 0 saturated carbocycles. The summed E-state index contributed by atoms with van der Waals surface area (Å²) in [6.07, 6.45) is 0. The van der Waals surface area contributed by atoms with Crippen molar-refractivity contribution in [2.45, 2.75) is 6.54 Å². The second-order valence-electron chi connectivity index (χ2n) is 8.29. The molecule has 0 radical (unpaired) electrons. The summed E-state index contributed by atoms with van der Waals surface area (Å²) in [6.45, 7) is 0.485. The van der Waals surface area contributed by atoms with E-state index >= 15 is 0 Å². The first-order valence-electron chi connectivity index (χ1n) is 10.8. The highest BCUT2D eigenvalue weighted by molar-refractivity contribution is 5.61. The molecule has 4 rings (SSSR count). The lowest BCUT2D eigenvalue weighted by molar-refractivity contribution is 0.281. The van der Waals surface area contributed by atoms with Crippen LogP contribution in [0.4, 0.5) is 29.5 Å². The zero-order valence-corrected chi connectivity index (χ0v) is 20.5. The third-order valence-corrected chi connectivity index (χ3v) is 5.31. The number of nitrogens with one attached hydrogen (secondary N) is 2. The molecule has 14 heteroatoms. The van der Waals surface area contributed by atoms with Gasteiger partial charge >= 0.3 is 0 Å². The monoisotopic (exact) mass is 496 g/mol. The molecule has 0 aliphatic heterocycles. The summed E-state index contributed by atoms with van der Waals surface area (Å²) in [5, 5.41) is 45.0. The fourth-order valence-electron chi connectivity index (χ4n) is 3.26. The summed E-state index contributed by atoms with van der Waals surface area (Å²) < 4.78 is 0. The van der Waals surface area contributed by atoms with Gasteiger partial charge in [-0.3, -0.25) is 0 Å². The number of aromatic nitrogens is 6. The number of aromatic amines is 2. The number of H-pyrrole nitrogens is 2. The Balaban J connectivity index is 1.45. The summed E-state index contributed by atoms with van der Waals surface area (Å²) in [5.74, 6) is 1.47. The Hall–Kier alpha value is -4.88. The Morgan fingerprint density at radius 2 is 1.44 bits per heavy atom. The van der Waals surface area contributed by atoms with Crippen molar-refractivity contribution in [1.82, 2.24) is 30.4 Å². The van der Waals surface area contributed by atoms with Crippen LogP contribution in [0.3, 0.4) is 0 Å². The van der Waals surface area contributed by atoms with E-state index in [1.165, 1.54) is 17.2 Å². The van der Waals surface area contributed by atoms with Gasteiger partial charge in [0.05, 0.1) is 0 Å². The summed E-state index contributed by atoms with van der Waals surface area (Å²) in [5.41, 5.74) is 1.44. The minimum Gasteiger partial charge on any atom is -0.504 e. The number of hydrogen-bond acceptors (Lipinski definition) is 12. The highest BCUT2D eigenvalue weighted by Crippen LogP contribution is 2.32. The van der Waals surface area contributed by atoms with Gasteiger partial charge in [-0.25, -0.2) is 10.2 Å². The maximum absolute atomic E-state index is 10.3. The molecule has 2 aromatic carbocycles. The van der Waals surface area contributed by atoms with Gasteiger partial charge in [-0.15, -0.1) is 10.2 Å². The zero-order valence-electron chi connectivity index (χ0n) is 20.5. The van der Waals surface area contributed by atoms with E-state index in [4.69, 9.17) is 4.84 Å². The topological polar surface area (TPSA) is 166 Å². The maximum Gasteiger partial charge on any atom is 0.256 e. The molecule has 0 atom stereocenters. The smallest absolute Gasteiger partial charge is 0.256 e. The zero-order chi connectivity index (χ0) is 26.0. The molecule has 0 spiro atoms. The quantitative estimate of drug-likeness (QED) is 0.169. The lowest BCUT2D eigenvalue weighted by Crippen LogP contribution is -2.23. The van der Waals surface area contributed by atoms with E-state index in [0.29, 0.717) is 30.1 Å². The molecule has 14 nitrogen and oxygen atoms in total. The van der Waals surface area contributed by atoms with Crippen LogP contribution in [0.1, 0.15) is 5.56 Å². The van der Waals surface area contributed by atoms with Crippen LogP contribution in [0.25, 0.3) is 0 Å². The Morgan fingerprint density at radius 1 is 0.778 bits per heavy atom. The molecule has 5 N–H and O–H groups in total. The molecule has 0 saturated heterocycles. The number of rotatable bonds is 9. The van der Waals surface area contributed by atoms with Crippen LogP contribution in [0, 0.1) is 0 Å². The number of hydrogen-bond donors (Lipinski definition) is 5. The van der Waals surface area contributed by atoms with E-state index < -0.39 is 0 Å². The first-order chi connectivity index (χ1) is 17.1. The van der Waals surface area contributed by atoms with E-state index in [9.17, 15) is 15.3 Å². The number of benzene rings is 2. The average Bonchev–Trinajstić information content (AvgIpc) is 3.53. The summed E-state index contributed by atoms with van der Waals surface area (Å²) in [6, 6.07) is 9.44. The summed E-state index contributed by atoms with van der Waals surface area (Å²) in [4.78, 5) is 20.0. The standard InChI is InChI=1S/C22H28N10O4/c1-29(2)19-23-20(26-25-19)30(3)12-13-6-8-16(34)18(10-13)36-32(5)22-24-21(27-28-22)31(4)14-7-9-15(33)17(35)11-14/h6-11,33-35H,12H2,1-5H3,(H,23,25,26)(H,24,27,28). The van der Waals surface area contributed by atoms with Gasteiger partial charge in [0.2, 0.25) is 11.9 Å². The Kier molecular flexibility index (Phi) is 6.58. The predicted molar refractivity (Wildman–Crippen MR) is 134 cm³/mol. The largest absolute Gasteiger partial charge is 0.504 e. The van der Waals surface area contributed by atoms with Gasteiger partial charge in [-0.1, -0.05) is 6.07 Å². The van der Waals surface area contributed by atoms with Crippen molar-refractivity contribution >= 4 is 29.5 Å². The SMILES string of the molecule is CN(C)c1n[nH]c(N(C)Cc2ccc(O)c(ON(C)c3nc(N(C)c4ccc(O)c(O)c4)n[nH]3)c2)n1. The van der Waals surface area contributed by atoms with Gasteiger partial charge in [0.15, 0.2) is 23.0 Å². The minimum absolute atomic E-state index is 0.0424. The molecular weight excluding hydrogens is 468 g/mol. The van der Waals surface area contributed by atoms with Gasteiger partial charge < -0.3 is 34.9 Å². The Morgan fingerprint density at radius 3 is 2.14 bits per heavy atom. The van der Waals surface area contributed by atoms with Crippen molar-refractivity contribution in [3.05, 3.63) is 42.0 Å². The van der Waals surface area contributed by atoms with Crippen LogP contribution in [0.2, 0.25) is 0 Å². The molecule has 36 heavy (non-hydrogen) atoms. The third-order valence-electron chi connectivity index (χ3n) is 5.31. The molecule has 0 fully saturated rings. The molecule has 0 aliphatic carbocycles. The Bertz CT molecular complexity index is 1340. The Labute approximate surface area is 207 Å². The molecule has 4 aromatic rings. The fraction of sp³-hybridized carbons (Fsp3) is 0.273. The lowest BCUT2D eigenvalue weighted by Gasteiger charge is -2.19.